The first kappa shape index (κ1) is 15.0. The Morgan fingerprint density at radius 2 is 1.94 bits per heavy atom. The summed E-state index contributed by atoms with van der Waals surface area (Å²) in [5, 5.41) is 3.69. The number of hydrogen-bond donors (Lipinski definition) is 2. The molecule has 3 unspecified atom stereocenters. The number of nitrogens with two attached hydrogens (primary N) is 1. The van der Waals surface area contributed by atoms with Gasteiger partial charge in [0.05, 0.1) is 0 Å². The van der Waals surface area contributed by atoms with Crippen molar-refractivity contribution in [2.24, 2.45) is 11.7 Å². The van der Waals surface area contributed by atoms with Gasteiger partial charge in [0, 0.05) is 12.1 Å². The van der Waals surface area contributed by atoms with Crippen molar-refractivity contribution < 1.29 is 0 Å². The van der Waals surface area contributed by atoms with Crippen molar-refractivity contribution in [3.05, 3.63) is 0 Å². The van der Waals surface area contributed by atoms with Crippen molar-refractivity contribution in [1.29, 1.82) is 0 Å². The van der Waals surface area contributed by atoms with Gasteiger partial charge in [0.25, 0.3) is 0 Å². The van der Waals surface area contributed by atoms with Crippen molar-refractivity contribution in [3.8, 4) is 0 Å². The van der Waals surface area contributed by atoms with E-state index in [1.807, 2.05) is 0 Å². The average molecular weight is 240 g/mol. The Labute approximate surface area is 108 Å². The Kier molecular flexibility index (Phi) is 7.87. The molecule has 0 aliphatic heterocycles. The molecule has 17 heavy (non-hydrogen) atoms. The summed E-state index contributed by atoms with van der Waals surface area (Å²) in [7, 11) is 0. The maximum Gasteiger partial charge on any atom is 0.00792 e. The molecule has 0 aromatic rings. The molecule has 2 nitrogen and oxygen atoms in total. The molecule has 0 bridgehead atoms. The average Bonchev–Trinajstić information content (AvgIpc) is 2.52. The molecule has 0 heterocycles. The highest BCUT2D eigenvalue weighted by molar-refractivity contribution is 4.79. The van der Waals surface area contributed by atoms with Gasteiger partial charge in [-0.3, -0.25) is 0 Å². The Bertz CT molecular complexity index is 182. The highest BCUT2D eigenvalue weighted by atomic mass is 14.9. The van der Waals surface area contributed by atoms with Gasteiger partial charge in [0.1, 0.15) is 0 Å². The third-order valence-electron chi connectivity index (χ3n) is 4.19. The van der Waals surface area contributed by atoms with E-state index in [9.17, 15) is 0 Å². The lowest BCUT2D eigenvalue weighted by molar-refractivity contribution is 0.350. The summed E-state index contributed by atoms with van der Waals surface area (Å²) in [6, 6.07) is 1.10. The molecular weight excluding hydrogens is 208 g/mol. The molecular formula is C15H32N2. The summed E-state index contributed by atoms with van der Waals surface area (Å²) >= 11 is 0. The molecule has 2 heteroatoms. The van der Waals surface area contributed by atoms with Crippen molar-refractivity contribution in [2.45, 2.75) is 83.7 Å². The number of rotatable bonds is 7. The lowest BCUT2D eigenvalue weighted by Crippen LogP contribution is -2.39. The predicted molar refractivity (Wildman–Crippen MR) is 76.2 cm³/mol. The van der Waals surface area contributed by atoms with E-state index in [1.165, 1.54) is 57.8 Å². The quantitative estimate of drug-likeness (QED) is 0.528. The van der Waals surface area contributed by atoms with E-state index in [4.69, 9.17) is 5.73 Å². The molecule has 102 valence electrons. The molecule has 0 spiro atoms. The van der Waals surface area contributed by atoms with Gasteiger partial charge in [0.2, 0.25) is 0 Å². The topological polar surface area (TPSA) is 38.0 Å². The molecule has 3 atom stereocenters. The van der Waals surface area contributed by atoms with E-state index in [0.29, 0.717) is 18.0 Å². The standard InChI is InChI=1S/C15H32N2/c1-3-4-6-9-13(2)17-12-14-10-7-5-8-11-15(14)16/h13-15,17H,3-12,16H2,1-2H3. The minimum absolute atomic E-state index is 0.438. The second-order valence-electron chi connectivity index (χ2n) is 5.87. The zero-order chi connectivity index (χ0) is 12.5. The molecule has 1 aliphatic carbocycles. The fourth-order valence-corrected chi connectivity index (χ4v) is 2.82. The van der Waals surface area contributed by atoms with Gasteiger partial charge in [0.15, 0.2) is 0 Å². The lowest BCUT2D eigenvalue weighted by atomic mass is 9.95. The van der Waals surface area contributed by atoms with Gasteiger partial charge in [-0.2, -0.15) is 0 Å². The van der Waals surface area contributed by atoms with Crippen LogP contribution in [0.15, 0.2) is 0 Å². The third-order valence-corrected chi connectivity index (χ3v) is 4.19. The fraction of sp³-hybridized carbons (Fsp3) is 1.00. The molecule has 0 radical (unpaired) electrons. The van der Waals surface area contributed by atoms with E-state index in [1.54, 1.807) is 0 Å². The van der Waals surface area contributed by atoms with Crippen LogP contribution >= 0.6 is 0 Å². The monoisotopic (exact) mass is 240 g/mol. The van der Waals surface area contributed by atoms with Crippen LogP contribution in [-0.2, 0) is 0 Å². The smallest absolute Gasteiger partial charge is 0.00792 e. The highest BCUT2D eigenvalue weighted by Gasteiger charge is 2.20. The fourth-order valence-electron chi connectivity index (χ4n) is 2.82. The molecule has 3 N–H and O–H groups in total. The second-order valence-corrected chi connectivity index (χ2v) is 5.87. The molecule has 1 aliphatic rings. The van der Waals surface area contributed by atoms with Crippen LogP contribution in [0.25, 0.3) is 0 Å². The van der Waals surface area contributed by atoms with Gasteiger partial charge >= 0.3 is 0 Å². The van der Waals surface area contributed by atoms with Gasteiger partial charge in [-0.1, -0.05) is 45.4 Å². The SMILES string of the molecule is CCCCCC(C)NCC1CCCCCC1N. The second kappa shape index (κ2) is 8.93. The molecule has 1 saturated carbocycles. The minimum atomic E-state index is 0.438. The normalized spacial score (nSPS) is 27.7. The van der Waals surface area contributed by atoms with Crippen LogP contribution in [0.4, 0.5) is 0 Å². The van der Waals surface area contributed by atoms with Crippen LogP contribution in [0.2, 0.25) is 0 Å². The molecule has 1 fully saturated rings. The maximum atomic E-state index is 6.25. The highest BCUT2D eigenvalue weighted by Crippen LogP contribution is 2.21. The van der Waals surface area contributed by atoms with Crippen molar-refractivity contribution in [3.63, 3.8) is 0 Å². The van der Waals surface area contributed by atoms with E-state index >= 15 is 0 Å². The van der Waals surface area contributed by atoms with Gasteiger partial charge in [-0.15, -0.1) is 0 Å². The molecule has 0 amide bonds. The summed E-state index contributed by atoms with van der Waals surface area (Å²) < 4.78 is 0. The van der Waals surface area contributed by atoms with Crippen LogP contribution < -0.4 is 11.1 Å². The van der Waals surface area contributed by atoms with E-state index in [0.717, 1.165) is 6.54 Å². The first-order chi connectivity index (χ1) is 8.24. The van der Waals surface area contributed by atoms with Gasteiger partial charge in [-0.05, 0) is 38.6 Å². The summed E-state index contributed by atoms with van der Waals surface area (Å²) in [6.07, 6.45) is 12.0. The summed E-state index contributed by atoms with van der Waals surface area (Å²) in [5.74, 6) is 0.714. The van der Waals surface area contributed by atoms with E-state index in [-0.39, 0.29) is 0 Å². The number of hydrogen-bond acceptors (Lipinski definition) is 2. The molecule has 0 aromatic heterocycles. The first-order valence-electron chi connectivity index (χ1n) is 7.73. The van der Waals surface area contributed by atoms with Crippen LogP contribution in [-0.4, -0.2) is 18.6 Å². The van der Waals surface area contributed by atoms with Gasteiger partial charge < -0.3 is 11.1 Å². The largest absolute Gasteiger partial charge is 0.327 e. The number of unbranched alkanes of at least 4 members (excludes halogenated alkanes) is 2. The van der Waals surface area contributed by atoms with E-state index < -0.39 is 0 Å². The molecule has 1 rings (SSSR count). The predicted octanol–water partition coefficient (Wildman–Crippen LogP) is 3.45. The lowest BCUT2D eigenvalue weighted by Gasteiger charge is -2.24. The zero-order valence-electron chi connectivity index (χ0n) is 11.9. The molecule has 0 aromatic carbocycles. The maximum absolute atomic E-state index is 6.25. The first-order valence-corrected chi connectivity index (χ1v) is 7.73. The summed E-state index contributed by atoms with van der Waals surface area (Å²) in [6.45, 7) is 5.72. The van der Waals surface area contributed by atoms with Crippen LogP contribution in [0.3, 0.4) is 0 Å². The Hall–Kier alpha value is -0.0800. The van der Waals surface area contributed by atoms with Crippen LogP contribution in [0.1, 0.15) is 71.6 Å². The summed E-state index contributed by atoms with van der Waals surface area (Å²) in [5.41, 5.74) is 6.25. The third kappa shape index (κ3) is 6.42. The minimum Gasteiger partial charge on any atom is -0.327 e. The van der Waals surface area contributed by atoms with Crippen molar-refractivity contribution in [1.82, 2.24) is 5.32 Å². The van der Waals surface area contributed by atoms with Crippen molar-refractivity contribution in [2.75, 3.05) is 6.54 Å². The van der Waals surface area contributed by atoms with Crippen LogP contribution in [0, 0.1) is 5.92 Å². The van der Waals surface area contributed by atoms with E-state index in [2.05, 4.69) is 19.2 Å². The zero-order valence-corrected chi connectivity index (χ0v) is 11.9. The Morgan fingerprint density at radius 1 is 1.18 bits per heavy atom. The summed E-state index contributed by atoms with van der Waals surface area (Å²) in [4.78, 5) is 0. The van der Waals surface area contributed by atoms with Gasteiger partial charge in [-0.25, -0.2) is 0 Å². The van der Waals surface area contributed by atoms with Crippen LogP contribution in [0.5, 0.6) is 0 Å². The van der Waals surface area contributed by atoms with Crippen molar-refractivity contribution >= 4 is 0 Å². The Balaban J connectivity index is 2.14. The molecule has 0 saturated heterocycles. The number of nitrogens with one attached hydrogen (secondary N) is 1. The Morgan fingerprint density at radius 3 is 2.71 bits per heavy atom.